The standard InChI is InChI=1S/C24H23NO2S/c1-17-7-14-23-20(15-17)11-10-19-5-3-4-6-22(19)24(23)16-18-8-12-21(13-9-18)25-28(2,26)27/h3-9,12-16,25H,10-11H2,1-2H3. The Bertz CT molecular complexity index is 1160. The van der Waals surface area contributed by atoms with Crippen LogP contribution in [0.1, 0.15) is 33.4 Å². The molecule has 3 nitrogen and oxygen atoms in total. The first-order valence-corrected chi connectivity index (χ1v) is 11.3. The Kier molecular flexibility index (Phi) is 4.82. The second kappa shape index (κ2) is 7.28. The van der Waals surface area contributed by atoms with Crippen LogP contribution in [0.15, 0.2) is 66.7 Å². The monoisotopic (exact) mass is 389 g/mol. The van der Waals surface area contributed by atoms with E-state index in [4.69, 9.17) is 0 Å². The predicted octanol–water partition coefficient (Wildman–Crippen LogP) is 5.05. The van der Waals surface area contributed by atoms with Gasteiger partial charge in [0.15, 0.2) is 0 Å². The smallest absolute Gasteiger partial charge is 0.229 e. The molecule has 28 heavy (non-hydrogen) atoms. The van der Waals surface area contributed by atoms with Gasteiger partial charge in [-0.1, -0.05) is 60.2 Å². The van der Waals surface area contributed by atoms with Crippen LogP contribution in [0, 0.1) is 6.92 Å². The van der Waals surface area contributed by atoms with Crippen LogP contribution in [0.2, 0.25) is 0 Å². The average Bonchev–Trinajstić information content (AvgIpc) is 2.79. The van der Waals surface area contributed by atoms with E-state index in [1.54, 1.807) is 12.1 Å². The number of rotatable bonds is 3. The normalized spacial score (nSPS) is 14.9. The van der Waals surface area contributed by atoms with Gasteiger partial charge >= 0.3 is 0 Å². The van der Waals surface area contributed by atoms with Gasteiger partial charge in [-0.3, -0.25) is 4.72 Å². The van der Waals surface area contributed by atoms with Gasteiger partial charge in [0.2, 0.25) is 10.0 Å². The van der Waals surface area contributed by atoms with Crippen molar-refractivity contribution in [2.24, 2.45) is 0 Å². The minimum Gasteiger partial charge on any atom is -0.284 e. The summed E-state index contributed by atoms with van der Waals surface area (Å²) >= 11 is 0. The highest BCUT2D eigenvalue weighted by Gasteiger charge is 2.18. The lowest BCUT2D eigenvalue weighted by atomic mass is 9.91. The second-order valence-corrected chi connectivity index (χ2v) is 9.12. The molecule has 0 atom stereocenters. The van der Waals surface area contributed by atoms with Crippen molar-refractivity contribution in [2.75, 3.05) is 11.0 Å². The van der Waals surface area contributed by atoms with Crippen LogP contribution in [0.3, 0.4) is 0 Å². The van der Waals surface area contributed by atoms with E-state index in [2.05, 4.69) is 60.2 Å². The summed E-state index contributed by atoms with van der Waals surface area (Å²) in [4.78, 5) is 0. The first-order chi connectivity index (χ1) is 13.4. The highest BCUT2D eigenvalue weighted by Crippen LogP contribution is 2.35. The second-order valence-electron chi connectivity index (χ2n) is 7.37. The van der Waals surface area contributed by atoms with E-state index >= 15 is 0 Å². The van der Waals surface area contributed by atoms with Gasteiger partial charge < -0.3 is 0 Å². The van der Waals surface area contributed by atoms with Gasteiger partial charge in [-0.15, -0.1) is 0 Å². The molecule has 3 aromatic carbocycles. The number of aryl methyl sites for hydroxylation is 3. The average molecular weight is 390 g/mol. The first-order valence-electron chi connectivity index (χ1n) is 9.37. The van der Waals surface area contributed by atoms with E-state index in [-0.39, 0.29) is 0 Å². The molecule has 0 bridgehead atoms. The van der Waals surface area contributed by atoms with Crippen molar-refractivity contribution in [3.8, 4) is 0 Å². The van der Waals surface area contributed by atoms with Crippen molar-refractivity contribution in [3.05, 3.63) is 100 Å². The number of fused-ring (bicyclic) bond motifs is 2. The highest BCUT2D eigenvalue weighted by molar-refractivity contribution is 7.92. The van der Waals surface area contributed by atoms with Gasteiger partial charge in [-0.05, 0) is 71.4 Å². The van der Waals surface area contributed by atoms with Gasteiger partial charge in [0, 0.05) is 5.69 Å². The summed E-state index contributed by atoms with van der Waals surface area (Å²) in [6.45, 7) is 2.13. The van der Waals surface area contributed by atoms with Gasteiger partial charge in [0.05, 0.1) is 6.26 Å². The van der Waals surface area contributed by atoms with E-state index in [1.807, 2.05) is 12.1 Å². The largest absolute Gasteiger partial charge is 0.284 e. The van der Waals surface area contributed by atoms with Crippen LogP contribution in [0.4, 0.5) is 5.69 Å². The molecule has 0 unspecified atom stereocenters. The number of benzene rings is 3. The summed E-state index contributed by atoms with van der Waals surface area (Å²) in [5, 5.41) is 0. The van der Waals surface area contributed by atoms with Crippen molar-refractivity contribution >= 4 is 27.4 Å². The molecule has 4 heteroatoms. The number of nitrogens with one attached hydrogen (secondary N) is 1. The SMILES string of the molecule is Cc1ccc2c(c1)CCc1ccccc1C2=Cc1ccc(NS(C)(=O)=O)cc1. The third-order valence-corrected chi connectivity index (χ3v) is 5.65. The minimum absolute atomic E-state index is 0.571. The summed E-state index contributed by atoms with van der Waals surface area (Å²) < 4.78 is 25.4. The van der Waals surface area contributed by atoms with Crippen molar-refractivity contribution in [1.29, 1.82) is 0 Å². The topological polar surface area (TPSA) is 46.2 Å². The van der Waals surface area contributed by atoms with E-state index < -0.39 is 10.0 Å². The molecule has 142 valence electrons. The van der Waals surface area contributed by atoms with E-state index in [9.17, 15) is 8.42 Å². The molecule has 0 saturated heterocycles. The van der Waals surface area contributed by atoms with E-state index in [0.29, 0.717) is 5.69 Å². The molecule has 0 radical (unpaired) electrons. The third-order valence-electron chi connectivity index (χ3n) is 5.05. The molecule has 0 spiro atoms. The Morgan fingerprint density at radius 3 is 2.29 bits per heavy atom. The first kappa shape index (κ1) is 18.5. The van der Waals surface area contributed by atoms with Crippen molar-refractivity contribution in [2.45, 2.75) is 19.8 Å². The fourth-order valence-corrected chi connectivity index (χ4v) is 4.36. The maximum atomic E-state index is 11.4. The fraction of sp³-hybridized carbons (Fsp3) is 0.167. The van der Waals surface area contributed by atoms with Crippen LogP contribution < -0.4 is 4.72 Å². The van der Waals surface area contributed by atoms with Crippen LogP contribution in [0.25, 0.3) is 11.6 Å². The minimum atomic E-state index is -3.27. The third kappa shape index (κ3) is 4.02. The molecule has 1 aliphatic carbocycles. The lowest BCUT2D eigenvalue weighted by molar-refractivity contribution is 0.607. The quantitative estimate of drug-likeness (QED) is 0.681. The van der Waals surface area contributed by atoms with Gasteiger partial charge in [0.1, 0.15) is 0 Å². The Balaban J connectivity index is 1.82. The van der Waals surface area contributed by atoms with Crippen LogP contribution in [0.5, 0.6) is 0 Å². The number of hydrogen-bond acceptors (Lipinski definition) is 2. The van der Waals surface area contributed by atoms with E-state index in [0.717, 1.165) is 24.7 Å². The number of sulfonamides is 1. The zero-order chi connectivity index (χ0) is 19.7. The lowest BCUT2D eigenvalue weighted by Crippen LogP contribution is -2.09. The molecule has 1 aliphatic rings. The Hall–Kier alpha value is -2.85. The molecule has 0 amide bonds. The summed E-state index contributed by atoms with van der Waals surface area (Å²) in [5.74, 6) is 0. The molecule has 3 aromatic rings. The zero-order valence-corrected chi connectivity index (χ0v) is 16.9. The molecular weight excluding hydrogens is 366 g/mol. The summed E-state index contributed by atoms with van der Waals surface area (Å²) in [6.07, 6.45) is 5.41. The maximum Gasteiger partial charge on any atom is 0.229 e. The fourth-order valence-electron chi connectivity index (χ4n) is 3.79. The van der Waals surface area contributed by atoms with Crippen molar-refractivity contribution in [3.63, 3.8) is 0 Å². The molecule has 0 aromatic heterocycles. The maximum absolute atomic E-state index is 11.4. The molecule has 1 N–H and O–H groups in total. The van der Waals surface area contributed by atoms with Crippen molar-refractivity contribution in [1.82, 2.24) is 0 Å². The van der Waals surface area contributed by atoms with Gasteiger partial charge in [-0.2, -0.15) is 0 Å². The molecule has 0 fully saturated rings. The summed E-state index contributed by atoms with van der Waals surface area (Å²) in [5.41, 5.74) is 9.37. The van der Waals surface area contributed by atoms with Gasteiger partial charge in [0.25, 0.3) is 0 Å². The Labute approximate surface area is 166 Å². The Morgan fingerprint density at radius 1 is 0.857 bits per heavy atom. The predicted molar refractivity (Wildman–Crippen MR) is 117 cm³/mol. The molecule has 0 heterocycles. The molecular formula is C24H23NO2S. The molecule has 4 rings (SSSR count). The lowest BCUT2D eigenvalue weighted by Gasteiger charge is -2.13. The van der Waals surface area contributed by atoms with Gasteiger partial charge in [-0.25, -0.2) is 8.42 Å². The van der Waals surface area contributed by atoms with E-state index in [1.165, 1.54) is 33.4 Å². The summed E-state index contributed by atoms with van der Waals surface area (Å²) in [6, 6.07) is 22.7. The van der Waals surface area contributed by atoms with Crippen LogP contribution in [-0.4, -0.2) is 14.7 Å². The number of anilines is 1. The summed E-state index contributed by atoms with van der Waals surface area (Å²) in [7, 11) is -3.27. The molecule has 0 saturated carbocycles. The molecule has 0 aliphatic heterocycles. The highest BCUT2D eigenvalue weighted by atomic mass is 32.2. The van der Waals surface area contributed by atoms with Crippen LogP contribution >= 0.6 is 0 Å². The van der Waals surface area contributed by atoms with Crippen molar-refractivity contribution < 1.29 is 8.42 Å². The Morgan fingerprint density at radius 2 is 1.54 bits per heavy atom. The van der Waals surface area contributed by atoms with Crippen LogP contribution in [-0.2, 0) is 22.9 Å². The number of hydrogen-bond donors (Lipinski definition) is 1. The zero-order valence-electron chi connectivity index (χ0n) is 16.1.